The minimum Gasteiger partial charge on any atom is -0.466 e. The molecule has 154 valence electrons. The fourth-order valence-corrected chi connectivity index (χ4v) is 3.81. The number of hydrogen-bond donors (Lipinski definition) is 0. The fourth-order valence-electron chi connectivity index (χ4n) is 3.81. The first kappa shape index (κ1) is 19.7. The van der Waals surface area contributed by atoms with E-state index in [1.54, 1.807) is 36.4 Å². The molecule has 30 heavy (non-hydrogen) atoms. The third-order valence-electron chi connectivity index (χ3n) is 5.21. The molecule has 2 aromatic carbocycles. The third kappa shape index (κ3) is 3.78. The minimum atomic E-state index is -1.15. The second-order valence-electron chi connectivity index (χ2n) is 7.05. The van der Waals surface area contributed by atoms with Crippen LogP contribution in [0.2, 0.25) is 0 Å². The summed E-state index contributed by atoms with van der Waals surface area (Å²) in [6.07, 6.45) is 0.155. The lowest BCUT2D eigenvalue weighted by Crippen LogP contribution is -2.39. The molecule has 0 N–H and O–H groups in total. The number of hydrogen-bond acceptors (Lipinski definition) is 7. The first-order valence-electron chi connectivity index (χ1n) is 9.71. The van der Waals surface area contributed by atoms with Crippen molar-refractivity contribution < 1.29 is 23.5 Å². The Balaban J connectivity index is 1.64. The van der Waals surface area contributed by atoms with Gasteiger partial charge in [-0.05, 0) is 25.0 Å². The molecule has 0 saturated carbocycles. The molecule has 3 aromatic rings. The largest absolute Gasteiger partial charge is 0.466 e. The highest BCUT2D eigenvalue weighted by atomic mass is 16.6. The Morgan fingerprint density at radius 2 is 1.83 bits per heavy atom. The number of benzene rings is 2. The molecule has 2 atom stereocenters. The molecule has 4 rings (SSSR count). The molecular weight excluding hydrogens is 386 g/mol. The van der Waals surface area contributed by atoms with Gasteiger partial charge in [0.2, 0.25) is 6.10 Å². The van der Waals surface area contributed by atoms with Gasteiger partial charge in [0.1, 0.15) is 11.6 Å². The van der Waals surface area contributed by atoms with Crippen molar-refractivity contribution in [3.63, 3.8) is 0 Å². The molecule has 7 nitrogen and oxygen atoms in total. The predicted molar refractivity (Wildman–Crippen MR) is 110 cm³/mol. The van der Waals surface area contributed by atoms with E-state index in [1.807, 2.05) is 23.1 Å². The lowest BCUT2D eigenvalue weighted by molar-refractivity contribution is -0.167. The molecule has 0 spiro atoms. The highest BCUT2D eigenvalue weighted by Crippen LogP contribution is 2.32. The van der Waals surface area contributed by atoms with E-state index in [9.17, 15) is 14.4 Å². The zero-order valence-electron chi connectivity index (χ0n) is 16.4. The maximum Gasteiger partial charge on any atom is 0.351 e. The van der Waals surface area contributed by atoms with Gasteiger partial charge in [0.15, 0.2) is 0 Å². The van der Waals surface area contributed by atoms with Gasteiger partial charge >= 0.3 is 17.6 Å². The zero-order chi connectivity index (χ0) is 21.1. The van der Waals surface area contributed by atoms with E-state index in [1.165, 1.54) is 13.2 Å². The predicted octanol–water partition coefficient (Wildman–Crippen LogP) is 3.22. The molecule has 0 radical (unpaired) electrons. The number of carbonyl (C=O) groups is 2. The third-order valence-corrected chi connectivity index (χ3v) is 5.21. The molecule has 1 aliphatic rings. The van der Waals surface area contributed by atoms with Crippen molar-refractivity contribution in [2.45, 2.75) is 25.0 Å². The normalized spacial score (nSPS) is 17.0. The van der Waals surface area contributed by atoms with Gasteiger partial charge in [-0.3, -0.25) is 0 Å². The highest BCUT2D eigenvalue weighted by Gasteiger charge is 2.36. The maximum absolute atomic E-state index is 13.1. The van der Waals surface area contributed by atoms with Crippen LogP contribution < -0.4 is 10.5 Å². The van der Waals surface area contributed by atoms with Crippen LogP contribution in [0, 0.1) is 0 Å². The number of methoxy groups -OCH3 is 1. The van der Waals surface area contributed by atoms with Crippen LogP contribution in [0.25, 0.3) is 11.0 Å². The Hall–Kier alpha value is -3.61. The number of esters is 2. The second-order valence-corrected chi connectivity index (χ2v) is 7.05. The summed E-state index contributed by atoms with van der Waals surface area (Å²) >= 11 is 0. The quantitative estimate of drug-likeness (QED) is 0.474. The van der Waals surface area contributed by atoms with Gasteiger partial charge in [0.25, 0.3) is 0 Å². The molecule has 1 saturated heterocycles. The molecule has 1 aliphatic heterocycles. The van der Waals surface area contributed by atoms with Crippen molar-refractivity contribution in [2.75, 3.05) is 18.6 Å². The van der Waals surface area contributed by atoms with Crippen LogP contribution >= 0.6 is 0 Å². The SMILES string of the molecule is COC(=O)C(OC(=O)[C@@H]1CCCN1c1cc(=O)oc2ccccc12)c1ccccc1. The first-order chi connectivity index (χ1) is 14.6. The van der Waals surface area contributed by atoms with Gasteiger partial charge in [-0.1, -0.05) is 42.5 Å². The van der Waals surface area contributed by atoms with E-state index in [-0.39, 0.29) is 0 Å². The summed E-state index contributed by atoms with van der Waals surface area (Å²) in [5, 5.41) is 0.740. The van der Waals surface area contributed by atoms with E-state index >= 15 is 0 Å². The molecule has 0 amide bonds. The van der Waals surface area contributed by atoms with Crippen LogP contribution in [0.4, 0.5) is 5.69 Å². The summed E-state index contributed by atoms with van der Waals surface area (Å²) in [5.41, 5.74) is 1.12. The molecule has 7 heteroatoms. The van der Waals surface area contributed by atoms with Crippen LogP contribution in [0.3, 0.4) is 0 Å². The Kier molecular flexibility index (Phi) is 5.52. The number of para-hydroxylation sites is 1. The number of nitrogens with zero attached hydrogens (tertiary/aromatic N) is 1. The number of ether oxygens (including phenoxy) is 2. The number of carbonyl (C=O) groups excluding carboxylic acids is 2. The Bertz CT molecular complexity index is 1120. The van der Waals surface area contributed by atoms with Crippen LogP contribution in [-0.2, 0) is 19.1 Å². The molecule has 0 aliphatic carbocycles. The van der Waals surface area contributed by atoms with Crippen molar-refractivity contribution in [3.05, 3.63) is 76.6 Å². The summed E-state index contributed by atoms with van der Waals surface area (Å²) < 4.78 is 15.7. The molecule has 1 unspecified atom stereocenters. The van der Waals surface area contributed by atoms with Crippen molar-refractivity contribution in [2.24, 2.45) is 0 Å². The van der Waals surface area contributed by atoms with Crippen molar-refractivity contribution >= 4 is 28.6 Å². The van der Waals surface area contributed by atoms with E-state index in [0.717, 1.165) is 11.8 Å². The molecule has 1 aromatic heterocycles. The van der Waals surface area contributed by atoms with Gasteiger partial charge in [0, 0.05) is 23.6 Å². The van der Waals surface area contributed by atoms with E-state index in [2.05, 4.69) is 0 Å². The number of fused-ring (bicyclic) bond motifs is 1. The van der Waals surface area contributed by atoms with Crippen LogP contribution in [0.5, 0.6) is 0 Å². The standard InChI is InChI=1S/C23H21NO6/c1-28-23(27)21(15-8-3-2-4-9-15)30-22(26)17-11-7-13-24(17)18-14-20(25)29-19-12-6-5-10-16(18)19/h2-6,8-10,12,14,17,21H,7,11,13H2,1H3/t17-,21?/m0/s1. The van der Waals surface area contributed by atoms with Crippen molar-refractivity contribution in [3.8, 4) is 0 Å². The van der Waals surface area contributed by atoms with Gasteiger partial charge < -0.3 is 18.8 Å². The average Bonchev–Trinajstić information content (AvgIpc) is 3.26. The Morgan fingerprint density at radius 3 is 2.60 bits per heavy atom. The molecule has 0 bridgehead atoms. The van der Waals surface area contributed by atoms with Crippen LogP contribution in [0.15, 0.2) is 69.9 Å². The molecule has 1 fully saturated rings. The number of rotatable bonds is 5. The lowest BCUT2D eigenvalue weighted by atomic mass is 10.1. The average molecular weight is 407 g/mol. The van der Waals surface area contributed by atoms with Gasteiger partial charge in [-0.25, -0.2) is 14.4 Å². The second kappa shape index (κ2) is 8.41. The van der Waals surface area contributed by atoms with Crippen molar-refractivity contribution in [1.82, 2.24) is 0 Å². The monoisotopic (exact) mass is 407 g/mol. The van der Waals surface area contributed by atoms with Crippen molar-refractivity contribution in [1.29, 1.82) is 0 Å². The Labute approximate surface area is 172 Å². The van der Waals surface area contributed by atoms with E-state index in [0.29, 0.717) is 29.8 Å². The van der Waals surface area contributed by atoms with Gasteiger partial charge in [0.05, 0.1) is 12.8 Å². The molecular formula is C23H21NO6. The summed E-state index contributed by atoms with van der Waals surface area (Å²) in [6, 6.07) is 16.7. The highest BCUT2D eigenvalue weighted by molar-refractivity contribution is 5.93. The fraction of sp³-hybridized carbons (Fsp3) is 0.261. The van der Waals surface area contributed by atoms with Crippen LogP contribution in [-0.4, -0.2) is 31.6 Å². The van der Waals surface area contributed by atoms with Gasteiger partial charge in [-0.15, -0.1) is 0 Å². The maximum atomic E-state index is 13.1. The minimum absolute atomic E-state index is 0.454. The topological polar surface area (TPSA) is 86.0 Å². The molecule has 2 heterocycles. The summed E-state index contributed by atoms with van der Waals surface area (Å²) in [6.45, 7) is 0.585. The zero-order valence-corrected chi connectivity index (χ0v) is 16.4. The summed E-state index contributed by atoms with van der Waals surface area (Å²) in [4.78, 5) is 39.3. The Morgan fingerprint density at radius 1 is 1.10 bits per heavy atom. The van der Waals surface area contributed by atoms with E-state index < -0.39 is 29.7 Å². The number of anilines is 1. The van der Waals surface area contributed by atoms with Gasteiger partial charge in [-0.2, -0.15) is 0 Å². The lowest BCUT2D eigenvalue weighted by Gasteiger charge is -2.27. The van der Waals surface area contributed by atoms with E-state index in [4.69, 9.17) is 13.9 Å². The smallest absolute Gasteiger partial charge is 0.351 e. The first-order valence-corrected chi connectivity index (χ1v) is 9.71. The summed E-state index contributed by atoms with van der Waals surface area (Å²) in [7, 11) is 1.25. The van der Waals surface area contributed by atoms with Crippen LogP contribution in [0.1, 0.15) is 24.5 Å². The summed E-state index contributed by atoms with van der Waals surface area (Å²) in [5.74, 6) is -1.19.